The molecule has 3 aromatic rings. The Morgan fingerprint density at radius 3 is 3.04 bits per heavy atom. The minimum Gasteiger partial charge on any atom is -0.346 e. The van der Waals surface area contributed by atoms with Crippen molar-refractivity contribution >= 4 is 28.8 Å². The molecule has 0 aliphatic carbocycles. The van der Waals surface area contributed by atoms with Crippen LogP contribution in [0, 0.1) is 18.3 Å². The molecule has 0 spiro atoms. The maximum absolute atomic E-state index is 12.0. The number of carbonyl (C=O) groups is 1. The summed E-state index contributed by atoms with van der Waals surface area (Å²) in [4.78, 5) is 19.0. The van der Waals surface area contributed by atoms with Gasteiger partial charge in [-0.05, 0) is 19.1 Å². The van der Waals surface area contributed by atoms with Crippen molar-refractivity contribution in [2.75, 3.05) is 5.32 Å². The summed E-state index contributed by atoms with van der Waals surface area (Å²) in [5.74, 6) is 0.178. The zero-order chi connectivity index (χ0) is 16.9. The highest BCUT2D eigenvalue weighted by Crippen LogP contribution is 2.22. The Bertz CT molecular complexity index is 942. The molecule has 0 saturated heterocycles. The summed E-state index contributed by atoms with van der Waals surface area (Å²) >= 11 is 0. The van der Waals surface area contributed by atoms with Crippen LogP contribution in [0.25, 0.3) is 17.0 Å². The maximum Gasteiger partial charge on any atom is 0.250 e. The average molecular weight is 319 g/mol. The Morgan fingerprint density at radius 1 is 1.46 bits per heavy atom. The number of nitrogens with zero attached hydrogens (tertiary/aromatic N) is 3. The molecule has 3 rings (SSSR count). The molecule has 0 aliphatic rings. The maximum atomic E-state index is 12.0. The second-order valence-electron chi connectivity index (χ2n) is 5.44. The van der Waals surface area contributed by atoms with Crippen LogP contribution >= 0.6 is 0 Å². The second kappa shape index (κ2) is 6.84. The quantitative estimate of drug-likeness (QED) is 0.708. The normalized spacial score (nSPS) is 11.0. The molecule has 2 aromatic heterocycles. The molecule has 0 bridgehead atoms. The Morgan fingerprint density at radius 2 is 2.29 bits per heavy atom. The zero-order valence-electron chi connectivity index (χ0n) is 13.3. The minimum atomic E-state index is -0.252. The number of para-hydroxylation sites is 1. The van der Waals surface area contributed by atoms with Crippen LogP contribution in [0.5, 0.6) is 0 Å². The molecule has 0 unspecified atom stereocenters. The number of hydrogen-bond acceptors (Lipinski definition) is 3. The first kappa shape index (κ1) is 15.6. The molecule has 0 aliphatic heterocycles. The Kier molecular flexibility index (Phi) is 4.43. The molecule has 24 heavy (non-hydrogen) atoms. The first-order valence-electron chi connectivity index (χ1n) is 7.63. The van der Waals surface area contributed by atoms with Crippen molar-refractivity contribution in [1.82, 2.24) is 14.5 Å². The van der Waals surface area contributed by atoms with Gasteiger partial charge >= 0.3 is 0 Å². The summed E-state index contributed by atoms with van der Waals surface area (Å²) < 4.78 is 2.03. The van der Waals surface area contributed by atoms with Gasteiger partial charge in [-0.3, -0.25) is 10.1 Å². The number of H-pyrrole nitrogens is 1. The van der Waals surface area contributed by atoms with Gasteiger partial charge in [-0.1, -0.05) is 18.2 Å². The van der Waals surface area contributed by atoms with Crippen molar-refractivity contribution in [1.29, 1.82) is 5.26 Å². The molecule has 2 N–H and O–H groups in total. The molecule has 120 valence electrons. The van der Waals surface area contributed by atoms with Crippen LogP contribution in [0.2, 0.25) is 0 Å². The van der Waals surface area contributed by atoms with Crippen LogP contribution < -0.4 is 5.32 Å². The van der Waals surface area contributed by atoms with Crippen LogP contribution in [-0.2, 0) is 11.3 Å². The number of imidazole rings is 1. The van der Waals surface area contributed by atoms with Gasteiger partial charge in [0.05, 0.1) is 12.5 Å². The Balaban J connectivity index is 1.81. The van der Waals surface area contributed by atoms with E-state index in [1.54, 1.807) is 12.3 Å². The van der Waals surface area contributed by atoms with Crippen molar-refractivity contribution in [3.63, 3.8) is 0 Å². The topological polar surface area (TPSA) is 86.5 Å². The average Bonchev–Trinajstić information content (AvgIpc) is 3.15. The molecule has 0 atom stereocenters. The highest BCUT2D eigenvalue weighted by Gasteiger charge is 2.06. The molecule has 1 amide bonds. The summed E-state index contributed by atoms with van der Waals surface area (Å²) in [5, 5.41) is 12.5. The number of rotatable bonds is 5. The summed E-state index contributed by atoms with van der Waals surface area (Å²) in [5.41, 5.74) is 2.87. The summed E-state index contributed by atoms with van der Waals surface area (Å²) in [6, 6.07) is 10.1. The van der Waals surface area contributed by atoms with E-state index in [-0.39, 0.29) is 5.91 Å². The van der Waals surface area contributed by atoms with Crippen molar-refractivity contribution in [3.8, 4) is 6.07 Å². The van der Waals surface area contributed by atoms with E-state index in [1.807, 2.05) is 42.0 Å². The molecule has 0 fully saturated rings. The number of aromatic amines is 1. The largest absolute Gasteiger partial charge is 0.346 e. The summed E-state index contributed by atoms with van der Waals surface area (Å²) in [6.45, 7) is 2.50. The molecule has 6 nitrogen and oxygen atoms in total. The van der Waals surface area contributed by atoms with Gasteiger partial charge in [0.1, 0.15) is 0 Å². The van der Waals surface area contributed by atoms with E-state index < -0.39 is 0 Å². The van der Waals surface area contributed by atoms with E-state index >= 15 is 0 Å². The number of hydrogen-bond donors (Lipinski definition) is 2. The number of benzene rings is 1. The molecule has 0 saturated carbocycles. The van der Waals surface area contributed by atoms with E-state index in [0.717, 1.165) is 22.2 Å². The van der Waals surface area contributed by atoms with Crippen molar-refractivity contribution in [2.24, 2.45) is 0 Å². The molecule has 0 radical (unpaired) electrons. The van der Waals surface area contributed by atoms with E-state index in [2.05, 4.69) is 21.4 Å². The lowest BCUT2D eigenvalue weighted by Crippen LogP contribution is -2.08. The van der Waals surface area contributed by atoms with Crippen LogP contribution in [-0.4, -0.2) is 20.4 Å². The molecule has 6 heteroatoms. The fourth-order valence-electron chi connectivity index (χ4n) is 2.56. The van der Waals surface area contributed by atoms with E-state index in [1.165, 1.54) is 6.08 Å². The summed E-state index contributed by atoms with van der Waals surface area (Å²) in [7, 11) is 0. The second-order valence-corrected chi connectivity index (χ2v) is 5.44. The third kappa shape index (κ3) is 3.36. The first-order valence-corrected chi connectivity index (χ1v) is 7.63. The predicted octanol–water partition coefficient (Wildman–Crippen LogP) is 3.24. The highest BCUT2D eigenvalue weighted by molar-refractivity contribution is 6.02. The van der Waals surface area contributed by atoms with E-state index in [4.69, 9.17) is 5.26 Å². The third-order valence-corrected chi connectivity index (χ3v) is 3.64. The predicted molar refractivity (Wildman–Crippen MR) is 93.2 cm³/mol. The van der Waals surface area contributed by atoms with Gasteiger partial charge in [0.2, 0.25) is 5.95 Å². The van der Waals surface area contributed by atoms with Crippen molar-refractivity contribution in [2.45, 2.75) is 19.9 Å². The highest BCUT2D eigenvalue weighted by atomic mass is 16.1. The number of fused-ring (bicyclic) bond motifs is 1. The van der Waals surface area contributed by atoms with Crippen LogP contribution in [0.3, 0.4) is 0 Å². The van der Waals surface area contributed by atoms with Gasteiger partial charge in [-0.25, -0.2) is 4.98 Å². The zero-order valence-corrected chi connectivity index (χ0v) is 13.3. The smallest absolute Gasteiger partial charge is 0.250 e. The first-order chi connectivity index (χ1) is 11.7. The van der Waals surface area contributed by atoms with Gasteiger partial charge in [0.15, 0.2) is 0 Å². The molecular formula is C18H17N5O. The van der Waals surface area contributed by atoms with E-state index in [9.17, 15) is 4.79 Å². The van der Waals surface area contributed by atoms with Crippen LogP contribution in [0.4, 0.5) is 5.95 Å². The number of amides is 1. The van der Waals surface area contributed by atoms with Crippen molar-refractivity contribution < 1.29 is 4.79 Å². The Hall–Kier alpha value is -3.33. The number of carbonyl (C=O) groups excluding carboxylic acids is 1. The van der Waals surface area contributed by atoms with Gasteiger partial charge in [0.25, 0.3) is 5.91 Å². The number of nitriles is 1. The summed E-state index contributed by atoms with van der Waals surface area (Å²) in [6.07, 6.45) is 7.32. The fourth-order valence-corrected chi connectivity index (χ4v) is 2.56. The lowest BCUT2D eigenvalue weighted by atomic mass is 10.1. The van der Waals surface area contributed by atoms with E-state index in [0.29, 0.717) is 18.9 Å². The van der Waals surface area contributed by atoms with Gasteiger partial charge in [-0.15, -0.1) is 0 Å². The minimum absolute atomic E-state index is 0.252. The fraction of sp³-hybridized carbons (Fsp3) is 0.167. The molecular weight excluding hydrogens is 302 g/mol. The SMILES string of the molecule is Cc1cnc(NC(=O)C=Cc2cn(CCC#N)c3ccccc23)[nH]1. The third-order valence-electron chi connectivity index (χ3n) is 3.64. The van der Waals surface area contributed by atoms with Gasteiger partial charge in [-0.2, -0.15) is 5.26 Å². The van der Waals surface area contributed by atoms with Crippen LogP contribution in [0.15, 0.2) is 42.7 Å². The lowest BCUT2D eigenvalue weighted by molar-refractivity contribution is -0.111. The Labute approximate surface area is 139 Å². The van der Waals surface area contributed by atoms with Gasteiger partial charge < -0.3 is 9.55 Å². The molecule has 2 heterocycles. The lowest BCUT2D eigenvalue weighted by Gasteiger charge is -2.00. The van der Waals surface area contributed by atoms with Gasteiger partial charge in [0, 0.05) is 47.2 Å². The number of anilines is 1. The van der Waals surface area contributed by atoms with Crippen LogP contribution in [0.1, 0.15) is 17.7 Å². The number of nitrogens with one attached hydrogen (secondary N) is 2. The molecule has 1 aromatic carbocycles. The van der Waals surface area contributed by atoms with Crippen molar-refractivity contribution in [3.05, 3.63) is 54.0 Å². The monoisotopic (exact) mass is 319 g/mol. The number of aryl methyl sites for hydroxylation is 2. The standard InChI is InChI=1S/C18H17N5O/c1-13-11-20-18(21-13)22-17(24)8-7-14-12-23(10-4-9-19)16-6-3-2-5-15(14)16/h2-3,5-8,11-12H,4,10H2,1H3,(H2,20,21,22,24). The number of aromatic nitrogens is 3.